The highest BCUT2D eigenvalue weighted by Crippen LogP contribution is 2.15. The van der Waals surface area contributed by atoms with Gasteiger partial charge in [-0.3, -0.25) is 4.79 Å². The molecule has 84 valence electrons. The highest BCUT2D eigenvalue weighted by molar-refractivity contribution is 7.99. The molecular formula is C10H21NO2S. The predicted octanol–water partition coefficient (Wildman–Crippen LogP) is 1.67. The van der Waals surface area contributed by atoms with E-state index < -0.39 is 5.54 Å². The van der Waals surface area contributed by atoms with E-state index >= 15 is 0 Å². The fourth-order valence-electron chi connectivity index (χ4n) is 1.04. The fourth-order valence-corrected chi connectivity index (χ4v) is 1.88. The van der Waals surface area contributed by atoms with Crippen molar-refractivity contribution in [3.8, 4) is 0 Å². The molecule has 0 aromatic rings. The molecule has 4 heteroatoms. The molecule has 3 nitrogen and oxygen atoms in total. The number of rotatable bonds is 7. The Morgan fingerprint density at radius 2 is 2.14 bits per heavy atom. The first-order valence-electron chi connectivity index (χ1n) is 5.04. The molecule has 0 fully saturated rings. The number of carbonyl (C=O) groups excluding carboxylic acids is 1. The summed E-state index contributed by atoms with van der Waals surface area (Å²) in [5.41, 5.74) is -0.530. The number of hydrogen-bond acceptors (Lipinski definition) is 4. The molecule has 0 saturated carbocycles. The summed E-state index contributed by atoms with van der Waals surface area (Å²) in [5.74, 6) is 1.91. The Balaban J connectivity index is 4.09. The zero-order valence-electron chi connectivity index (χ0n) is 9.55. The van der Waals surface area contributed by atoms with E-state index in [0.717, 1.165) is 17.9 Å². The minimum absolute atomic E-state index is 0.154. The van der Waals surface area contributed by atoms with Crippen LogP contribution in [0.3, 0.4) is 0 Å². The molecule has 0 heterocycles. The molecule has 14 heavy (non-hydrogen) atoms. The molecule has 0 bridgehead atoms. The van der Waals surface area contributed by atoms with Crippen LogP contribution < -0.4 is 5.32 Å². The highest BCUT2D eigenvalue weighted by atomic mass is 32.2. The van der Waals surface area contributed by atoms with Gasteiger partial charge in [-0.1, -0.05) is 6.92 Å². The maximum atomic E-state index is 11.6. The topological polar surface area (TPSA) is 38.3 Å². The lowest BCUT2D eigenvalue weighted by atomic mass is 10.00. The third-order valence-corrected chi connectivity index (χ3v) is 3.13. The van der Waals surface area contributed by atoms with Gasteiger partial charge in [0.05, 0.1) is 6.61 Å². The summed E-state index contributed by atoms with van der Waals surface area (Å²) >= 11 is 1.84. The number of esters is 1. The van der Waals surface area contributed by atoms with Crippen molar-refractivity contribution >= 4 is 17.7 Å². The summed E-state index contributed by atoms with van der Waals surface area (Å²) in [6, 6.07) is 0. The van der Waals surface area contributed by atoms with Crippen LogP contribution >= 0.6 is 11.8 Å². The van der Waals surface area contributed by atoms with Gasteiger partial charge < -0.3 is 10.1 Å². The molecular weight excluding hydrogens is 198 g/mol. The second kappa shape index (κ2) is 7.12. The van der Waals surface area contributed by atoms with E-state index in [1.807, 2.05) is 25.6 Å². The fraction of sp³-hybridized carbons (Fsp3) is 0.900. The van der Waals surface area contributed by atoms with Gasteiger partial charge in [0, 0.05) is 0 Å². The van der Waals surface area contributed by atoms with Crippen molar-refractivity contribution < 1.29 is 9.53 Å². The van der Waals surface area contributed by atoms with Crippen molar-refractivity contribution in [1.82, 2.24) is 5.32 Å². The lowest BCUT2D eigenvalue weighted by Crippen LogP contribution is -2.49. The molecule has 0 amide bonds. The van der Waals surface area contributed by atoms with Crippen LogP contribution in [-0.2, 0) is 9.53 Å². The summed E-state index contributed by atoms with van der Waals surface area (Å²) in [4.78, 5) is 11.6. The Hall–Kier alpha value is -0.220. The Morgan fingerprint density at radius 3 is 2.57 bits per heavy atom. The average Bonchev–Trinajstić information content (AvgIpc) is 2.18. The first kappa shape index (κ1) is 13.8. The standard InChI is InChI=1S/C10H21NO2S/c1-5-13-9(12)10(3,11-4)7-8-14-6-2/h11H,5-8H2,1-4H3. The van der Waals surface area contributed by atoms with Crippen LogP contribution in [0, 0.1) is 0 Å². The second-order valence-electron chi connectivity index (χ2n) is 3.25. The van der Waals surface area contributed by atoms with Crippen molar-refractivity contribution in [2.75, 3.05) is 25.2 Å². The first-order chi connectivity index (χ1) is 6.60. The van der Waals surface area contributed by atoms with Gasteiger partial charge in [-0.25, -0.2) is 0 Å². The molecule has 0 spiro atoms. The van der Waals surface area contributed by atoms with E-state index in [0.29, 0.717) is 6.61 Å². The lowest BCUT2D eigenvalue weighted by Gasteiger charge is -2.26. The van der Waals surface area contributed by atoms with Crippen LogP contribution in [0.4, 0.5) is 0 Å². The van der Waals surface area contributed by atoms with Crippen LogP contribution in [0.25, 0.3) is 0 Å². The van der Waals surface area contributed by atoms with Gasteiger partial charge in [-0.15, -0.1) is 0 Å². The van der Waals surface area contributed by atoms with E-state index in [9.17, 15) is 4.79 Å². The van der Waals surface area contributed by atoms with Crippen molar-refractivity contribution in [3.63, 3.8) is 0 Å². The van der Waals surface area contributed by atoms with Gasteiger partial charge in [-0.2, -0.15) is 11.8 Å². The minimum atomic E-state index is -0.530. The number of thioether (sulfide) groups is 1. The maximum absolute atomic E-state index is 11.6. The maximum Gasteiger partial charge on any atom is 0.326 e. The van der Waals surface area contributed by atoms with Crippen LogP contribution in [0.2, 0.25) is 0 Å². The Labute approximate surface area is 91.0 Å². The molecule has 0 rings (SSSR count). The lowest BCUT2D eigenvalue weighted by molar-refractivity contribution is -0.150. The van der Waals surface area contributed by atoms with E-state index in [1.54, 1.807) is 7.05 Å². The Bertz CT molecular complexity index is 176. The third-order valence-electron chi connectivity index (χ3n) is 2.23. The molecule has 1 atom stereocenters. The molecule has 0 aliphatic heterocycles. The van der Waals surface area contributed by atoms with Gasteiger partial charge >= 0.3 is 5.97 Å². The zero-order chi connectivity index (χ0) is 11.0. The minimum Gasteiger partial charge on any atom is -0.465 e. The van der Waals surface area contributed by atoms with Gasteiger partial charge in [0.1, 0.15) is 5.54 Å². The Kier molecular flexibility index (Phi) is 7.01. The SMILES string of the molecule is CCOC(=O)C(C)(CCSCC)NC. The van der Waals surface area contributed by atoms with Crippen LogP contribution in [0.15, 0.2) is 0 Å². The molecule has 0 aliphatic rings. The molecule has 1 unspecified atom stereocenters. The van der Waals surface area contributed by atoms with Gasteiger partial charge in [0.2, 0.25) is 0 Å². The van der Waals surface area contributed by atoms with Crippen LogP contribution in [0.5, 0.6) is 0 Å². The first-order valence-corrected chi connectivity index (χ1v) is 6.20. The molecule has 0 radical (unpaired) electrons. The largest absolute Gasteiger partial charge is 0.465 e. The number of carbonyl (C=O) groups is 1. The van der Waals surface area contributed by atoms with Crippen molar-refractivity contribution in [1.29, 1.82) is 0 Å². The number of nitrogens with one attached hydrogen (secondary N) is 1. The Morgan fingerprint density at radius 1 is 1.50 bits per heavy atom. The van der Waals surface area contributed by atoms with E-state index in [1.165, 1.54) is 0 Å². The van der Waals surface area contributed by atoms with Gasteiger partial charge in [0.25, 0.3) is 0 Å². The summed E-state index contributed by atoms with van der Waals surface area (Å²) in [7, 11) is 1.80. The van der Waals surface area contributed by atoms with Gasteiger partial charge in [-0.05, 0) is 38.8 Å². The number of likely N-dealkylation sites (N-methyl/N-ethyl adjacent to an activating group) is 1. The van der Waals surface area contributed by atoms with E-state index in [2.05, 4.69) is 12.2 Å². The summed E-state index contributed by atoms with van der Waals surface area (Å²) in [5, 5.41) is 3.03. The van der Waals surface area contributed by atoms with Gasteiger partial charge in [0.15, 0.2) is 0 Å². The average molecular weight is 219 g/mol. The van der Waals surface area contributed by atoms with E-state index in [4.69, 9.17) is 4.74 Å². The molecule has 0 aromatic heterocycles. The number of hydrogen-bond donors (Lipinski definition) is 1. The summed E-state index contributed by atoms with van der Waals surface area (Å²) in [6.07, 6.45) is 0.806. The predicted molar refractivity (Wildman–Crippen MR) is 61.7 cm³/mol. The summed E-state index contributed by atoms with van der Waals surface area (Å²) < 4.78 is 5.02. The summed E-state index contributed by atoms with van der Waals surface area (Å²) in [6.45, 7) is 6.28. The highest BCUT2D eigenvalue weighted by Gasteiger charge is 2.32. The molecule has 0 aliphatic carbocycles. The van der Waals surface area contributed by atoms with Crippen molar-refractivity contribution in [2.45, 2.75) is 32.7 Å². The van der Waals surface area contributed by atoms with Crippen molar-refractivity contribution in [3.05, 3.63) is 0 Å². The third kappa shape index (κ3) is 4.33. The molecule has 0 saturated heterocycles. The van der Waals surface area contributed by atoms with Crippen LogP contribution in [0.1, 0.15) is 27.2 Å². The molecule has 0 aromatic carbocycles. The second-order valence-corrected chi connectivity index (χ2v) is 4.64. The van der Waals surface area contributed by atoms with Crippen molar-refractivity contribution in [2.24, 2.45) is 0 Å². The monoisotopic (exact) mass is 219 g/mol. The number of ether oxygens (including phenoxy) is 1. The molecule has 1 N–H and O–H groups in total. The zero-order valence-corrected chi connectivity index (χ0v) is 10.4. The van der Waals surface area contributed by atoms with E-state index in [-0.39, 0.29) is 5.97 Å². The van der Waals surface area contributed by atoms with Crippen LogP contribution in [-0.4, -0.2) is 36.7 Å². The normalized spacial score (nSPS) is 14.9. The smallest absolute Gasteiger partial charge is 0.326 e. The quantitative estimate of drug-likeness (QED) is 0.522.